The summed E-state index contributed by atoms with van der Waals surface area (Å²) in [5.74, 6) is 0. The topological polar surface area (TPSA) is 12.0 Å². The third-order valence-electron chi connectivity index (χ3n) is 2.64. The van der Waals surface area contributed by atoms with Crippen molar-refractivity contribution in [3.05, 3.63) is 0 Å². The first-order valence-corrected chi connectivity index (χ1v) is 6.23. The Morgan fingerprint density at radius 2 is 1.53 bits per heavy atom. The van der Waals surface area contributed by atoms with Crippen LogP contribution in [0.25, 0.3) is 0 Å². The van der Waals surface area contributed by atoms with Gasteiger partial charge in [0.05, 0.1) is 6.04 Å². The van der Waals surface area contributed by atoms with Gasteiger partial charge < -0.3 is 5.32 Å². The van der Waals surface area contributed by atoms with Crippen LogP contribution in [0.1, 0.15) is 58.8 Å². The number of unbranched alkanes of at least 4 members (excludes halogenated alkanes) is 5. The van der Waals surface area contributed by atoms with Gasteiger partial charge in [-0.25, -0.2) is 8.78 Å². The molecule has 1 atom stereocenters. The van der Waals surface area contributed by atoms with Crippen LogP contribution in [0.2, 0.25) is 0 Å². The number of rotatable bonds is 10. The van der Waals surface area contributed by atoms with Crippen molar-refractivity contribution < 1.29 is 8.78 Å². The average Bonchev–Trinajstić information content (AvgIpc) is 2.21. The van der Waals surface area contributed by atoms with Crippen LogP contribution in [0.3, 0.4) is 0 Å². The maximum absolute atomic E-state index is 12.5. The van der Waals surface area contributed by atoms with Crippen molar-refractivity contribution in [2.45, 2.75) is 71.3 Å². The predicted octanol–water partition coefficient (Wildman–Crippen LogP) is 3.98. The summed E-state index contributed by atoms with van der Waals surface area (Å²) in [6, 6.07) is -0.596. The fourth-order valence-electron chi connectivity index (χ4n) is 1.72. The van der Waals surface area contributed by atoms with Gasteiger partial charge in [-0.3, -0.25) is 0 Å². The zero-order valence-electron chi connectivity index (χ0n) is 10.1. The SMILES string of the molecule is CCCCCCCCC(NCC)C(F)F. The smallest absolute Gasteiger partial charge is 0.253 e. The van der Waals surface area contributed by atoms with E-state index < -0.39 is 12.5 Å². The molecule has 0 aliphatic rings. The van der Waals surface area contributed by atoms with Crippen LogP contribution >= 0.6 is 0 Å². The second-order valence-corrected chi connectivity index (χ2v) is 4.06. The van der Waals surface area contributed by atoms with E-state index in [-0.39, 0.29) is 0 Å². The zero-order valence-corrected chi connectivity index (χ0v) is 10.1. The van der Waals surface area contributed by atoms with Crippen LogP contribution in [0.15, 0.2) is 0 Å². The molecule has 1 nitrogen and oxygen atoms in total. The third-order valence-corrected chi connectivity index (χ3v) is 2.64. The van der Waals surface area contributed by atoms with E-state index >= 15 is 0 Å². The molecule has 0 aromatic carbocycles. The quantitative estimate of drug-likeness (QED) is 0.550. The van der Waals surface area contributed by atoms with Crippen LogP contribution in [0.4, 0.5) is 8.78 Å². The van der Waals surface area contributed by atoms with E-state index in [1.54, 1.807) is 0 Å². The summed E-state index contributed by atoms with van der Waals surface area (Å²) in [6.45, 7) is 4.68. The van der Waals surface area contributed by atoms with Gasteiger partial charge in [-0.05, 0) is 13.0 Å². The van der Waals surface area contributed by atoms with Gasteiger partial charge in [0.15, 0.2) is 0 Å². The molecule has 0 heterocycles. The molecule has 0 aromatic rings. The molecule has 1 N–H and O–H groups in total. The molecule has 0 aliphatic carbocycles. The lowest BCUT2D eigenvalue weighted by molar-refractivity contribution is 0.0936. The fourth-order valence-corrected chi connectivity index (χ4v) is 1.72. The van der Waals surface area contributed by atoms with E-state index in [4.69, 9.17) is 0 Å². The molecule has 0 spiro atoms. The molecule has 3 heteroatoms. The standard InChI is InChI=1S/C12H25F2N/c1-3-5-6-7-8-9-10-11(12(13)14)15-4-2/h11-12,15H,3-10H2,1-2H3. The van der Waals surface area contributed by atoms with Gasteiger partial charge in [0.25, 0.3) is 6.43 Å². The van der Waals surface area contributed by atoms with Crippen molar-refractivity contribution in [2.24, 2.45) is 0 Å². The normalized spacial score (nSPS) is 13.4. The van der Waals surface area contributed by atoms with Gasteiger partial charge in [0.1, 0.15) is 0 Å². The molecule has 1 unspecified atom stereocenters. The number of hydrogen-bond donors (Lipinski definition) is 1. The average molecular weight is 221 g/mol. The van der Waals surface area contributed by atoms with Gasteiger partial charge >= 0.3 is 0 Å². The number of hydrogen-bond acceptors (Lipinski definition) is 1. The maximum atomic E-state index is 12.5. The minimum absolute atomic E-state index is 0.596. The highest BCUT2D eigenvalue weighted by Gasteiger charge is 2.17. The second kappa shape index (κ2) is 10.3. The number of halogens is 2. The Morgan fingerprint density at radius 3 is 2.07 bits per heavy atom. The monoisotopic (exact) mass is 221 g/mol. The lowest BCUT2D eigenvalue weighted by atomic mass is 10.1. The maximum Gasteiger partial charge on any atom is 0.253 e. The van der Waals surface area contributed by atoms with Crippen molar-refractivity contribution in [3.63, 3.8) is 0 Å². The van der Waals surface area contributed by atoms with Gasteiger partial charge in [0, 0.05) is 0 Å². The van der Waals surface area contributed by atoms with Gasteiger partial charge in [0.2, 0.25) is 0 Å². The van der Waals surface area contributed by atoms with E-state index in [2.05, 4.69) is 12.2 Å². The summed E-state index contributed by atoms with van der Waals surface area (Å²) in [6.07, 6.45) is 5.34. The van der Waals surface area contributed by atoms with Crippen LogP contribution in [-0.4, -0.2) is 19.0 Å². The minimum atomic E-state index is -2.22. The lowest BCUT2D eigenvalue weighted by Crippen LogP contribution is -2.35. The lowest BCUT2D eigenvalue weighted by Gasteiger charge is -2.16. The van der Waals surface area contributed by atoms with Gasteiger partial charge in [-0.15, -0.1) is 0 Å². The second-order valence-electron chi connectivity index (χ2n) is 4.06. The Labute approximate surface area is 92.6 Å². The molecule has 92 valence electrons. The van der Waals surface area contributed by atoms with Crippen molar-refractivity contribution in [3.8, 4) is 0 Å². The molecular formula is C12H25F2N. The Kier molecular flexibility index (Phi) is 10.2. The largest absolute Gasteiger partial charge is 0.309 e. The fraction of sp³-hybridized carbons (Fsp3) is 1.00. The first-order valence-electron chi connectivity index (χ1n) is 6.23. The molecule has 0 rings (SSSR count). The summed E-state index contributed by atoms with van der Waals surface area (Å²) >= 11 is 0. The summed E-state index contributed by atoms with van der Waals surface area (Å²) in [5, 5.41) is 2.83. The Hall–Kier alpha value is -0.180. The van der Waals surface area contributed by atoms with E-state index in [1.807, 2.05) is 6.92 Å². The predicted molar refractivity (Wildman–Crippen MR) is 61.5 cm³/mol. The van der Waals surface area contributed by atoms with Gasteiger partial charge in [-0.1, -0.05) is 52.4 Å². The first-order chi connectivity index (χ1) is 7.22. The van der Waals surface area contributed by atoms with Gasteiger partial charge in [-0.2, -0.15) is 0 Å². The summed E-state index contributed by atoms with van der Waals surface area (Å²) in [7, 11) is 0. The molecule has 0 bridgehead atoms. The molecule has 0 saturated carbocycles. The Bertz CT molecular complexity index is 129. The van der Waals surface area contributed by atoms with Crippen molar-refractivity contribution in [1.82, 2.24) is 5.32 Å². The molecule has 0 fully saturated rings. The van der Waals surface area contributed by atoms with Crippen LogP contribution in [-0.2, 0) is 0 Å². The summed E-state index contributed by atoms with van der Waals surface area (Å²) in [5.41, 5.74) is 0. The van der Waals surface area contributed by atoms with Crippen molar-refractivity contribution in [1.29, 1.82) is 0 Å². The van der Waals surface area contributed by atoms with E-state index in [9.17, 15) is 8.78 Å². The first kappa shape index (κ1) is 14.8. The van der Waals surface area contributed by atoms with Crippen LogP contribution in [0.5, 0.6) is 0 Å². The van der Waals surface area contributed by atoms with E-state index in [0.29, 0.717) is 13.0 Å². The summed E-state index contributed by atoms with van der Waals surface area (Å²) < 4.78 is 24.9. The molecule has 0 aliphatic heterocycles. The molecule has 15 heavy (non-hydrogen) atoms. The molecule has 0 amide bonds. The van der Waals surface area contributed by atoms with E-state index in [0.717, 1.165) is 12.8 Å². The Balaban J connectivity index is 3.37. The molecule has 0 aromatic heterocycles. The van der Waals surface area contributed by atoms with Crippen molar-refractivity contribution >= 4 is 0 Å². The molecular weight excluding hydrogens is 196 g/mol. The van der Waals surface area contributed by atoms with Crippen LogP contribution < -0.4 is 5.32 Å². The number of nitrogens with one attached hydrogen (secondary N) is 1. The third kappa shape index (κ3) is 8.79. The zero-order chi connectivity index (χ0) is 11.5. The number of alkyl halides is 2. The van der Waals surface area contributed by atoms with Crippen LogP contribution in [0, 0.1) is 0 Å². The highest BCUT2D eigenvalue weighted by molar-refractivity contribution is 4.68. The van der Waals surface area contributed by atoms with E-state index in [1.165, 1.54) is 25.7 Å². The minimum Gasteiger partial charge on any atom is -0.309 e. The highest BCUT2D eigenvalue weighted by atomic mass is 19.3. The highest BCUT2D eigenvalue weighted by Crippen LogP contribution is 2.12. The summed E-state index contributed by atoms with van der Waals surface area (Å²) in [4.78, 5) is 0. The van der Waals surface area contributed by atoms with Crippen molar-refractivity contribution in [2.75, 3.05) is 6.54 Å². The Morgan fingerprint density at radius 1 is 0.933 bits per heavy atom. The molecule has 0 radical (unpaired) electrons. The molecule has 0 saturated heterocycles.